The standard InChI is InChI=1S/C21H28N2OS/c1-4-12-23-19(7-1)20(10-13-22-16-18-6-5-15-25-18)11-14-24-21(17-20)8-2-3-9-21/h1,4-7,12,15,22H,2-3,8-11,13-14,16-17H2. The molecule has 4 rings (SSSR count). The van der Waals surface area contributed by atoms with Crippen LogP contribution in [0.15, 0.2) is 41.9 Å². The van der Waals surface area contributed by atoms with Gasteiger partial charge in [0.05, 0.1) is 5.60 Å². The van der Waals surface area contributed by atoms with Gasteiger partial charge in [-0.2, -0.15) is 0 Å². The van der Waals surface area contributed by atoms with Gasteiger partial charge in [-0.05, 0) is 62.2 Å². The van der Waals surface area contributed by atoms with Crippen molar-refractivity contribution < 1.29 is 4.74 Å². The van der Waals surface area contributed by atoms with Crippen LogP contribution in [0.3, 0.4) is 0 Å². The van der Waals surface area contributed by atoms with Gasteiger partial charge >= 0.3 is 0 Å². The Morgan fingerprint density at radius 2 is 2.04 bits per heavy atom. The summed E-state index contributed by atoms with van der Waals surface area (Å²) in [6.07, 6.45) is 10.4. The lowest BCUT2D eigenvalue weighted by molar-refractivity contribution is -0.104. The maximum absolute atomic E-state index is 6.32. The maximum atomic E-state index is 6.32. The number of ether oxygens (including phenoxy) is 1. The van der Waals surface area contributed by atoms with E-state index >= 15 is 0 Å². The first-order valence-electron chi connectivity index (χ1n) is 9.59. The lowest BCUT2D eigenvalue weighted by atomic mass is 9.68. The molecule has 1 aliphatic carbocycles. The van der Waals surface area contributed by atoms with E-state index in [1.54, 1.807) is 0 Å². The van der Waals surface area contributed by atoms with Gasteiger partial charge in [-0.3, -0.25) is 4.98 Å². The van der Waals surface area contributed by atoms with Gasteiger partial charge in [0, 0.05) is 35.3 Å². The van der Waals surface area contributed by atoms with Crippen molar-refractivity contribution in [1.29, 1.82) is 0 Å². The van der Waals surface area contributed by atoms with E-state index in [4.69, 9.17) is 9.72 Å². The number of nitrogens with one attached hydrogen (secondary N) is 1. The van der Waals surface area contributed by atoms with E-state index in [0.29, 0.717) is 0 Å². The Morgan fingerprint density at radius 3 is 2.80 bits per heavy atom. The zero-order chi connectivity index (χ0) is 17.0. The van der Waals surface area contributed by atoms with E-state index in [0.717, 1.165) is 39.0 Å². The Hall–Kier alpha value is -1.23. The summed E-state index contributed by atoms with van der Waals surface area (Å²) in [4.78, 5) is 6.18. The maximum Gasteiger partial charge on any atom is 0.0691 e. The molecule has 1 saturated heterocycles. The van der Waals surface area contributed by atoms with Crippen molar-refractivity contribution in [3.63, 3.8) is 0 Å². The first kappa shape index (κ1) is 17.2. The van der Waals surface area contributed by atoms with E-state index in [1.165, 1.54) is 36.3 Å². The Kier molecular flexibility index (Phi) is 5.20. The molecule has 2 fully saturated rings. The molecule has 0 bridgehead atoms. The molecule has 0 amide bonds. The highest BCUT2D eigenvalue weighted by atomic mass is 32.1. The number of hydrogen-bond acceptors (Lipinski definition) is 4. The van der Waals surface area contributed by atoms with Crippen LogP contribution in [-0.2, 0) is 16.7 Å². The first-order chi connectivity index (χ1) is 12.3. The van der Waals surface area contributed by atoms with Crippen molar-refractivity contribution >= 4 is 11.3 Å². The molecule has 2 aromatic heterocycles. The van der Waals surface area contributed by atoms with Crippen LogP contribution in [0, 0.1) is 0 Å². The summed E-state index contributed by atoms with van der Waals surface area (Å²) >= 11 is 1.82. The third kappa shape index (κ3) is 3.81. The Bertz CT molecular complexity index is 652. The van der Waals surface area contributed by atoms with Crippen molar-refractivity contribution in [3.8, 4) is 0 Å². The van der Waals surface area contributed by atoms with Gasteiger partial charge in [-0.25, -0.2) is 0 Å². The molecule has 3 heterocycles. The molecule has 4 heteroatoms. The minimum absolute atomic E-state index is 0.115. The zero-order valence-corrected chi connectivity index (χ0v) is 15.7. The quantitative estimate of drug-likeness (QED) is 0.763. The largest absolute Gasteiger partial charge is 0.375 e. The van der Waals surface area contributed by atoms with E-state index in [1.807, 2.05) is 23.6 Å². The van der Waals surface area contributed by atoms with Crippen molar-refractivity contribution in [3.05, 3.63) is 52.5 Å². The monoisotopic (exact) mass is 356 g/mol. The molecule has 1 aliphatic heterocycles. The summed E-state index contributed by atoms with van der Waals surface area (Å²) in [6, 6.07) is 10.7. The van der Waals surface area contributed by atoms with Gasteiger partial charge in [0.2, 0.25) is 0 Å². The highest BCUT2D eigenvalue weighted by Crippen LogP contribution is 2.49. The fourth-order valence-corrected chi connectivity index (χ4v) is 5.42. The number of rotatable bonds is 6. The second-order valence-electron chi connectivity index (χ2n) is 7.67. The molecule has 1 atom stereocenters. The molecular formula is C21H28N2OS. The van der Waals surface area contributed by atoms with Crippen LogP contribution >= 0.6 is 11.3 Å². The Balaban J connectivity index is 1.48. The molecule has 25 heavy (non-hydrogen) atoms. The number of hydrogen-bond donors (Lipinski definition) is 1. The first-order valence-corrected chi connectivity index (χ1v) is 10.5. The third-order valence-electron chi connectivity index (χ3n) is 6.03. The van der Waals surface area contributed by atoms with E-state index in [-0.39, 0.29) is 11.0 Å². The number of thiophene rings is 1. The van der Waals surface area contributed by atoms with Crippen molar-refractivity contribution in [1.82, 2.24) is 10.3 Å². The smallest absolute Gasteiger partial charge is 0.0691 e. The van der Waals surface area contributed by atoms with Crippen LogP contribution in [0.2, 0.25) is 0 Å². The molecular weight excluding hydrogens is 328 g/mol. The highest BCUT2D eigenvalue weighted by Gasteiger charge is 2.48. The lowest BCUT2D eigenvalue weighted by Gasteiger charge is -2.46. The molecule has 1 saturated carbocycles. The second-order valence-corrected chi connectivity index (χ2v) is 8.70. The van der Waals surface area contributed by atoms with Crippen LogP contribution in [0.25, 0.3) is 0 Å². The Morgan fingerprint density at radius 1 is 1.12 bits per heavy atom. The van der Waals surface area contributed by atoms with E-state index in [2.05, 4.69) is 35.0 Å². The predicted octanol–water partition coefficient (Wildman–Crippen LogP) is 4.68. The minimum atomic E-state index is 0.115. The number of pyridine rings is 1. The fraction of sp³-hybridized carbons (Fsp3) is 0.571. The third-order valence-corrected chi connectivity index (χ3v) is 6.91. The fourth-order valence-electron chi connectivity index (χ4n) is 4.75. The normalized spacial score (nSPS) is 25.4. The van der Waals surface area contributed by atoms with Gasteiger partial charge in [-0.15, -0.1) is 11.3 Å². The molecule has 0 radical (unpaired) electrons. The average Bonchev–Trinajstić information content (AvgIpc) is 3.32. The molecule has 2 aromatic rings. The summed E-state index contributed by atoms with van der Waals surface area (Å²) in [5.41, 5.74) is 1.54. The molecule has 3 nitrogen and oxygen atoms in total. The van der Waals surface area contributed by atoms with Gasteiger partial charge in [-0.1, -0.05) is 25.0 Å². The SMILES string of the molecule is c1ccc(C2(CCNCc3cccs3)CCOC3(CCCC3)C2)nc1. The van der Waals surface area contributed by atoms with Crippen molar-refractivity contribution in [2.75, 3.05) is 13.2 Å². The molecule has 1 N–H and O–H groups in total. The van der Waals surface area contributed by atoms with Crippen LogP contribution < -0.4 is 5.32 Å². The summed E-state index contributed by atoms with van der Waals surface area (Å²) in [7, 11) is 0. The van der Waals surface area contributed by atoms with E-state index < -0.39 is 0 Å². The summed E-state index contributed by atoms with van der Waals surface area (Å²) < 4.78 is 6.32. The summed E-state index contributed by atoms with van der Waals surface area (Å²) in [6.45, 7) is 2.88. The van der Waals surface area contributed by atoms with Crippen LogP contribution in [0.4, 0.5) is 0 Å². The average molecular weight is 357 g/mol. The summed E-state index contributed by atoms with van der Waals surface area (Å²) in [5.74, 6) is 0. The highest BCUT2D eigenvalue weighted by molar-refractivity contribution is 7.09. The zero-order valence-electron chi connectivity index (χ0n) is 14.9. The van der Waals surface area contributed by atoms with Gasteiger partial charge < -0.3 is 10.1 Å². The van der Waals surface area contributed by atoms with Crippen LogP contribution in [-0.4, -0.2) is 23.7 Å². The molecule has 1 spiro atoms. The van der Waals surface area contributed by atoms with Crippen molar-refractivity contribution in [2.45, 2.75) is 62.5 Å². The van der Waals surface area contributed by atoms with Gasteiger partial charge in [0.15, 0.2) is 0 Å². The van der Waals surface area contributed by atoms with Crippen LogP contribution in [0.1, 0.15) is 55.5 Å². The number of aromatic nitrogens is 1. The topological polar surface area (TPSA) is 34.1 Å². The second kappa shape index (κ2) is 7.56. The van der Waals surface area contributed by atoms with Gasteiger partial charge in [0.25, 0.3) is 0 Å². The van der Waals surface area contributed by atoms with Gasteiger partial charge in [0.1, 0.15) is 0 Å². The minimum Gasteiger partial charge on any atom is -0.375 e. The molecule has 1 unspecified atom stereocenters. The molecule has 2 aliphatic rings. The lowest BCUT2D eigenvalue weighted by Crippen LogP contribution is -2.47. The predicted molar refractivity (Wildman–Crippen MR) is 103 cm³/mol. The molecule has 134 valence electrons. The van der Waals surface area contributed by atoms with E-state index in [9.17, 15) is 0 Å². The molecule has 0 aromatic carbocycles. The van der Waals surface area contributed by atoms with Crippen molar-refractivity contribution in [2.24, 2.45) is 0 Å². The summed E-state index contributed by atoms with van der Waals surface area (Å²) in [5, 5.41) is 5.80. The van der Waals surface area contributed by atoms with Crippen LogP contribution in [0.5, 0.6) is 0 Å². The Labute approximate surface area is 154 Å². The number of nitrogens with zero attached hydrogens (tertiary/aromatic N) is 1.